The molecule has 0 heterocycles. The first-order valence-electron chi connectivity index (χ1n) is 5.26. The average Bonchev–Trinajstić information content (AvgIpc) is 2.38. The number of rotatable bonds is 1. The van der Waals surface area contributed by atoms with E-state index in [-0.39, 0.29) is 5.82 Å². The highest BCUT2D eigenvalue weighted by atomic mass is 32.1. The van der Waals surface area contributed by atoms with Gasteiger partial charge in [-0.1, -0.05) is 30.0 Å². The second-order valence-corrected chi connectivity index (χ2v) is 3.89. The normalized spacial score (nSPS) is 9.53. The van der Waals surface area contributed by atoms with Gasteiger partial charge in [0.15, 0.2) is 0 Å². The zero-order chi connectivity index (χ0) is 12.1. The maximum absolute atomic E-state index is 12.7. The van der Waals surface area contributed by atoms with E-state index in [1.54, 1.807) is 12.1 Å². The smallest absolute Gasteiger partial charge is 0.123 e. The second-order valence-electron chi connectivity index (χ2n) is 3.57. The van der Waals surface area contributed by atoms with Crippen molar-refractivity contribution in [1.29, 1.82) is 0 Å². The lowest BCUT2D eigenvalue weighted by atomic mass is 10.1. The van der Waals surface area contributed by atoms with Gasteiger partial charge in [0.25, 0.3) is 0 Å². The summed E-state index contributed by atoms with van der Waals surface area (Å²) in [4.78, 5) is 0. The molecule has 0 aliphatic heterocycles. The Hall–Kier alpha value is -1.72. The van der Waals surface area contributed by atoms with E-state index in [1.807, 2.05) is 24.3 Å². The first kappa shape index (κ1) is 11.8. The lowest BCUT2D eigenvalue weighted by Gasteiger charge is -1.98. The third-order valence-electron chi connectivity index (χ3n) is 2.37. The molecule has 0 aliphatic rings. The minimum atomic E-state index is -0.244. The predicted molar refractivity (Wildman–Crippen MR) is 71.5 cm³/mol. The fourth-order valence-electron chi connectivity index (χ4n) is 1.45. The summed E-state index contributed by atoms with van der Waals surface area (Å²) in [5.74, 6) is 6.51. The maximum Gasteiger partial charge on any atom is 0.123 e. The minimum absolute atomic E-state index is 0.244. The summed E-state index contributed by atoms with van der Waals surface area (Å²) in [5, 5.41) is 0. The summed E-state index contributed by atoms with van der Waals surface area (Å²) in [6, 6.07) is 14.0. The molecule has 0 N–H and O–H groups in total. The van der Waals surface area contributed by atoms with Crippen molar-refractivity contribution < 1.29 is 4.39 Å². The van der Waals surface area contributed by atoms with Gasteiger partial charge in [0.1, 0.15) is 5.82 Å². The molecule has 2 rings (SSSR count). The Morgan fingerprint density at radius 2 is 1.65 bits per heavy atom. The molecule has 0 saturated heterocycles. The molecule has 0 nitrogen and oxygen atoms in total. The van der Waals surface area contributed by atoms with Crippen molar-refractivity contribution in [2.45, 2.75) is 5.75 Å². The van der Waals surface area contributed by atoms with E-state index in [4.69, 9.17) is 0 Å². The van der Waals surface area contributed by atoms with E-state index in [2.05, 4.69) is 24.5 Å². The van der Waals surface area contributed by atoms with Crippen molar-refractivity contribution in [3.8, 4) is 11.8 Å². The van der Waals surface area contributed by atoms with Crippen LogP contribution >= 0.6 is 12.6 Å². The molecule has 0 radical (unpaired) electrons. The van der Waals surface area contributed by atoms with Crippen LogP contribution in [0.3, 0.4) is 0 Å². The van der Waals surface area contributed by atoms with Crippen LogP contribution in [0.4, 0.5) is 4.39 Å². The van der Waals surface area contributed by atoms with E-state index in [0.29, 0.717) is 5.75 Å². The number of thiol groups is 1. The average molecular weight is 242 g/mol. The van der Waals surface area contributed by atoms with Gasteiger partial charge < -0.3 is 0 Å². The van der Waals surface area contributed by atoms with Gasteiger partial charge in [-0.05, 0) is 35.9 Å². The molecular weight excluding hydrogens is 231 g/mol. The molecule has 0 unspecified atom stereocenters. The van der Waals surface area contributed by atoms with E-state index in [9.17, 15) is 4.39 Å². The van der Waals surface area contributed by atoms with E-state index < -0.39 is 0 Å². The Labute approximate surface area is 106 Å². The molecule has 0 amide bonds. The molecule has 0 saturated carbocycles. The van der Waals surface area contributed by atoms with Crippen LogP contribution in [-0.2, 0) is 5.75 Å². The van der Waals surface area contributed by atoms with Crippen LogP contribution in [0.1, 0.15) is 16.7 Å². The SMILES string of the molecule is Fc1ccc(C#Cc2ccccc2CS)cc1. The maximum atomic E-state index is 12.7. The number of benzene rings is 2. The topological polar surface area (TPSA) is 0 Å². The van der Waals surface area contributed by atoms with Crippen LogP contribution in [0.5, 0.6) is 0 Å². The van der Waals surface area contributed by atoms with Crippen molar-refractivity contribution in [2.75, 3.05) is 0 Å². The molecule has 17 heavy (non-hydrogen) atoms. The zero-order valence-electron chi connectivity index (χ0n) is 9.15. The molecule has 2 aromatic rings. The summed E-state index contributed by atoms with van der Waals surface area (Å²) in [5.41, 5.74) is 2.87. The van der Waals surface area contributed by atoms with Crippen LogP contribution in [0.2, 0.25) is 0 Å². The fourth-order valence-corrected chi connectivity index (χ4v) is 1.73. The Bertz CT molecular complexity index is 561. The van der Waals surface area contributed by atoms with Crippen LogP contribution < -0.4 is 0 Å². The van der Waals surface area contributed by atoms with Gasteiger partial charge in [0.05, 0.1) is 0 Å². The fraction of sp³-hybridized carbons (Fsp3) is 0.0667. The Morgan fingerprint density at radius 1 is 0.941 bits per heavy atom. The molecule has 0 spiro atoms. The highest BCUT2D eigenvalue weighted by Crippen LogP contribution is 2.10. The van der Waals surface area contributed by atoms with Crippen LogP contribution in [0.25, 0.3) is 0 Å². The molecule has 84 valence electrons. The van der Waals surface area contributed by atoms with Crippen LogP contribution in [-0.4, -0.2) is 0 Å². The summed E-state index contributed by atoms with van der Waals surface area (Å²) in [6.07, 6.45) is 0. The van der Waals surface area contributed by atoms with Crippen molar-refractivity contribution in [3.05, 3.63) is 71.0 Å². The van der Waals surface area contributed by atoms with Gasteiger partial charge in [-0.3, -0.25) is 0 Å². The Kier molecular flexibility index (Phi) is 3.85. The predicted octanol–water partition coefficient (Wildman–Crippen LogP) is 3.66. The number of hydrogen-bond acceptors (Lipinski definition) is 1. The quantitative estimate of drug-likeness (QED) is 0.572. The first-order chi connectivity index (χ1) is 8.29. The Balaban J connectivity index is 2.29. The van der Waals surface area contributed by atoms with Crippen molar-refractivity contribution in [1.82, 2.24) is 0 Å². The summed E-state index contributed by atoms with van der Waals surface area (Å²) in [6.45, 7) is 0. The summed E-state index contributed by atoms with van der Waals surface area (Å²) < 4.78 is 12.7. The molecule has 2 aromatic carbocycles. The zero-order valence-corrected chi connectivity index (χ0v) is 10.0. The van der Waals surface area contributed by atoms with E-state index in [0.717, 1.165) is 16.7 Å². The van der Waals surface area contributed by atoms with E-state index in [1.165, 1.54) is 12.1 Å². The van der Waals surface area contributed by atoms with Gasteiger partial charge in [-0.15, -0.1) is 0 Å². The summed E-state index contributed by atoms with van der Waals surface area (Å²) in [7, 11) is 0. The summed E-state index contributed by atoms with van der Waals surface area (Å²) >= 11 is 4.26. The second kappa shape index (κ2) is 5.56. The number of hydrogen-bond donors (Lipinski definition) is 1. The molecule has 0 bridgehead atoms. The van der Waals surface area contributed by atoms with Gasteiger partial charge in [-0.25, -0.2) is 4.39 Å². The molecule has 0 fully saturated rings. The molecule has 2 heteroatoms. The lowest BCUT2D eigenvalue weighted by Crippen LogP contribution is -1.84. The first-order valence-corrected chi connectivity index (χ1v) is 5.89. The highest BCUT2D eigenvalue weighted by molar-refractivity contribution is 7.79. The van der Waals surface area contributed by atoms with Gasteiger partial charge in [-0.2, -0.15) is 12.6 Å². The van der Waals surface area contributed by atoms with Crippen LogP contribution in [0, 0.1) is 17.7 Å². The number of halogens is 1. The van der Waals surface area contributed by atoms with Crippen LogP contribution in [0.15, 0.2) is 48.5 Å². The van der Waals surface area contributed by atoms with E-state index >= 15 is 0 Å². The van der Waals surface area contributed by atoms with Crippen molar-refractivity contribution in [3.63, 3.8) is 0 Å². The molecular formula is C15H11FS. The van der Waals surface area contributed by atoms with Gasteiger partial charge in [0, 0.05) is 16.9 Å². The largest absolute Gasteiger partial charge is 0.207 e. The van der Waals surface area contributed by atoms with Gasteiger partial charge in [0.2, 0.25) is 0 Å². The highest BCUT2D eigenvalue weighted by Gasteiger charge is 1.95. The standard InChI is InChI=1S/C15H11FS/c16-15-9-6-12(7-10-15)5-8-13-3-1-2-4-14(13)11-17/h1-4,6-7,9-10,17H,11H2. The molecule has 0 aromatic heterocycles. The van der Waals surface area contributed by atoms with Gasteiger partial charge >= 0.3 is 0 Å². The lowest BCUT2D eigenvalue weighted by molar-refractivity contribution is 0.627. The third-order valence-corrected chi connectivity index (χ3v) is 2.71. The van der Waals surface area contributed by atoms with Crippen molar-refractivity contribution in [2.24, 2.45) is 0 Å². The Morgan fingerprint density at radius 3 is 2.35 bits per heavy atom. The monoisotopic (exact) mass is 242 g/mol. The van der Waals surface area contributed by atoms with Crippen molar-refractivity contribution >= 4 is 12.6 Å². The molecule has 0 aliphatic carbocycles. The minimum Gasteiger partial charge on any atom is -0.207 e. The third kappa shape index (κ3) is 3.12. The molecule has 0 atom stereocenters.